The molecule has 5 heteroatoms. The predicted octanol–water partition coefficient (Wildman–Crippen LogP) is 2.35. The van der Waals surface area contributed by atoms with Crippen molar-refractivity contribution in [3.05, 3.63) is 17.0 Å². The molecule has 1 aromatic heterocycles. The molecule has 110 valence electrons. The van der Waals surface area contributed by atoms with Crippen LogP contribution in [0.4, 0.5) is 5.95 Å². The molecule has 1 saturated heterocycles. The molecule has 1 aromatic rings. The fourth-order valence-electron chi connectivity index (χ4n) is 2.65. The van der Waals surface area contributed by atoms with Crippen LogP contribution < -0.4 is 4.90 Å². The SMILES string of the molecule is Cc1nc(N2CCCCC2)nc(C)c1CC(C)C(=O)O. The lowest BCUT2D eigenvalue weighted by Gasteiger charge is -2.27. The number of piperidine rings is 1. The number of carbonyl (C=O) groups is 1. The predicted molar refractivity (Wildman–Crippen MR) is 78.1 cm³/mol. The Morgan fingerprint density at radius 3 is 2.25 bits per heavy atom. The first-order valence-corrected chi connectivity index (χ1v) is 7.31. The second-order valence-corrected chi connectivity index (χ2v) is 5.66. The molecule has 1 aliphatic heterocycles. The van der Waals surface area contributed by atoms with Gasteiger partial charge in [-0.1, -0.05) is 6.92 Å². The highest BCUT2D eigenvalue weighted by atomic mass is 16.4. The van der Waals surface area contributed by atoms with Gasteiger partial charge in [0.2, 0.25) is 5.95 Å². The molecule has 0 spiro atoms. The third kappa shape index (κ3) is 3.26. The van der Waals surface area contributed by atoms with Crippen molar-refractivity contribution in [2.24, 2.45) is 5.92 Å². The number of rotatable bonds is 4. The molecule has 1 aliphatic rings. The minimum atomic E-state index is -0.774. The van der Waals surface area contributed by atoms with Crippen LogP contribution in [-0.4, -0.2) is 34.1 Å². The molecule has 2 heterocycles. The second-order valence-electron chi connectivity index (χ2n) is 5.66. The van der Waals surface area contributed by atoms with E-state index in [0.29, 0.717) is 6.42 Å². The number of aryl methyl sites for hydroxylation is 2. The number of anilines is 1. The summed E-state index contributed by atoms with van der Waals surface area (Å²) in [6, 6.07) is 0. The average Bonchev–Trinajstić information content (AvgIpc) is 2.43. The minimum absolute atomic E-state index is 0.406. The molecule has 0 amide bonds. The fourth-order valence-corrected chi connectivity index (χ4v) is 2.65. The fraction of sp³-hybridized carbons (Fsp3) is 0.667. The van der Waals surface area contributed by atoms with Crippen LogP contribution in [0, 0.1) is 19.8 Å². The van der Waals surface area contributed by atoms with E-state index in [9.17, 15) is 4.79 Å². The van der Waals surface area contributed by atoms with E-state index in [1.807, 2.05) is 13.8 Å². The number of carboxylic acid groups (broad SMARTS) is 1. The standard InChI is InChI=1S/C15H23N3O2/c1-10(14(19)20)9-13-11(2)16-15(17-12(13)3)18-7-5-4-6-8-18/h10H,4-9H2,1-3H3,(H,19,20). The maximum atomic E-state index is 11.0. The van der Waals surface area contributed by atoms with Gasteiger partial charge in [-0.25, -0.2) is 9.97 Å². The Labute approximate surface area is 120 Å². The average molecular weight is 277 g/mol. The first-order valence-electron chi connectivity index (χ1n) is 7.31. The minimum Gasteiger partial charge on any atom is -0.481 e. The first kappa shape index (κ1) is 14.8. The molecular formula is C15H23N3O2. The maximum Gasteiger partial charge on any atom is 0.306 e. The normalized spacial score (nSPS) is 17.1. The molecular weight excluding hydrogens is 254 g/mol. The third-order valence-electron chi connectivity index (χ3n) is 3.98. The van der Waals surface area contributed by atoms with Gasteiger partial charge in [0.15, 0.2) is 0 Å². The molecule has 0 saturated carbocycles. The lowest BCUT2D eigenvalue weighted by molar-refractivity contribution is -0.141. The van der Waals surface area contributed by atoms with Crippen molar-refractivity contribution in [2.45, 2.75) is 46.5 Å². The topological polar surface area (TPSA) is 66.3 Å². The molecule has 0 aromatic carbocycles. The summed E-state index contributed by atoms with van der Waals surface area (Å²) in [7, 11) is 0. The summed E-state index contributed by atoms with van der Waals surface area (Å²) in [5.41, 5.74) is 2.79. The molecule has 0 aliphatic carbocycles. The summed E-state index contributed by atoms with van der Waals surface area (Å²) < 4.78 is 0. The van der Waals surface area contributed by atoms with E-state index < -0.39 is 11.9 Å². The molecule has 5 nitrogen and oxygen atoms in total. The highest BCUT2D eigenvalue weighted by Crippen LogP contribution is 2.21. The van der Waals surface area contributed by atoms with E-state index in [2.05, 4.69) is 14.9 Å². The quantitative estimate of drug-likeness (QED) is 0.915. The van der Waals surface area contributed by atoms with Crippen LogP contribution >= 0.6 is 0 Å². The van der Waals surface area contributed by atoms with Gasteiger partial charge in [0.05, 0.1) is 5.92 Å². The Kier molecular flexibility index (Phi) is 4.57. The highest BCUT2D eigenvalue weighted by molar-refractivity contribution is 5.70. The molecule has 0 radical (unpaired) electrons. The molecule has 20 heavy (non-hydrogen) atoms. The van der Waals surface area contributed by atoms with Gasteiger partial charge in [-0.3, -0.25) is 4.79 Å². The number of hydrogen-bond acceptors (Lipinski definition) is 4. The summed E-state index contributed by atoms with van der Waals surface area (Å²) in [5, 5.41) is 9.03. The summed E-state index contributed by atoms with van der Waals surface area (Å²) in [4.78, 5) is 22.4. The zero-order chi connectivity index (χ0) is 14.7. The van der Waals surface area contributed by atoms with Gasteiger partial charge >= 0.3 is 5.97 Å². The molecule has 2 rings (SSSR count). The number of aromatic nitrogens is 2. The van der Waals surface area contributed by atoms with Crippen LogP contribution in [0.15, 0.2) is 0 Å². The Morgan fingerprint density at radius 2 is 1.75 bits per heavy atom. The van der Waals surface area contributed by atoms with Crippen LogP contribution in [0.1, 0.15) is 43.1 Å². The third-order valence-corrected chi connectivity index (χ3v) is 3.98. The zero-order valence-corrected chi connectivity index (χ0v) is 12.5. The van der Waals surface area contributed by atoms with E-state index in [1.165, 1.54) is 19.3 Å². The number of nitrogens with zero attached hydrogens (tertiary/aromatic N) is 3. The van der Waals surface area contributed by atoms with Crippen LogP contribution in [-0.2, 0) is 11.2 Å². The summed E-state index contributed by atoms with van der Waals surface area (Å²) >= 11 is 0. The first-order chi connectivity index (χ1) is 9.49. The van der Waals surface area contributed by atoms with Gasteiger partial charge in [0, 0.05) is 24.5 Å². The highest BCUT2D eigenvalue weighted by Gasteiger charge is 2.19. The van der Waals surface area contributed by atoms with E-state index >= 15 is 0 Å². The van der Waals surface area contributed by atoms with Gasteiger partial charge in [-0.05, 0) is 45.1 Å². The van der Waals surface area contributed by atoms with Gasteiger partial charge in [-0.2, -0.15) is 0 Å². The Bertz CT molecular complexity index is 473. The Morgan fingerprint density at radius 1 is 1.20 bits per heavy atom. The van der Waals surface area contributed by atoms with Crippen LogP contribution in [0.3, 0.4) is 0 Å². The maximum absolute atomic E-state index is 11.0. The molecule has 1 unspecified atom stereocenters. The summed E-state index contributed by atoms with van der Waals surface area (Å²) in [6.45, 7) is 7.66. The lowest BCUT2D eigenvalue weighted by Crippen LogP contribution is -2.31. The zero-order valence-electron chi connectivity index (χ0n) is 12.5. The van der Waals surface area contributed by atoms with Crippen molar-refractivity contribution in [3.63, 3.8) is 0 Å². The number of carboxylic acids is 1. The Hall–Kier alpha value is -1.65. The van der Waals surface area contributed by atoms with Crippen LogP contribution in [0.2, 0.25) is 0 Å². The van der Waals surface area contributed by atoms with Gasteiger partial charge in [0.1, 0.15) is 0 Å². The van der Waals surface area contributed by atoms with Crippen molar-refractivity contribution in [3.8, 4) is 0 Å². The summed E-state index contributed by atoms with van der Waals surface area (Å²) in [6.07, 6.45) is 4.16. The monoisotopic (exact) mass is 277 g/mol. The molecule has 1 fully saturated rings. The van der Waals surface area contributed by atoms with Gasteiger partial charge in [0.25, 0.3) is 0 Å². The van der Waals surface area contributed by atoms with E-state index in [-0.39, 0.29) is 0 Å². The molecule has 1 N–H and O–H groups in total. The number of hydrogen-bond donors (Lipinski definition) is 1. The van der Waals surface area contributed by atoms with Crippen molar-refractivity contribution in [2.75, 3.05) is 18.0 Å². The van der Waals surface area contributed by atoms with Crippen molar-refractivity contribution >= 4 is 11.9 Å². The van der Waals surface area contributed by atoms with E-state index in [1.54, 1.807) is 6.92 Å². The lowest BCUT2D eigenvalue weighted by atomic mass is 9.99. The van der Waals surface area contributed by atoms with E-state index in [0.717, 1.165) is 36.0 Å². The van der Waals surface area contributed by atoms with Gasteiger partial charge in [-0.15, -0.1) is 0 Å². The van der Waals surface area contributed by atoms with Crippen molar-refractivity contribution in [1.29, 1.82) is 0 Å². The summed E-state index contributed by atoms with van der Waals surface area (Å²) in [5.74, 6) is -0.382. The van der Waals surface area contributed by atoms with Crippen LogP contribution in [0.5, 0.6) is 0 Å². The van der Waals surface area contributed by atoms with Crippen LogP contribution in [0.25, 0.3) is 0 Å². The molecule has 0 bridgehead atoms. The number of aliphatic carboxylic acids is 1. The molecule has 1 atom stereocenters. The Balaban J connectivity index is 2.21. The second kappa shape index (κ2) is 6.20. The smallest absolute Gasteiger partial charge is 0.306 e. The van der Waals surface area contributed by atoms with Crippen molar-refractivity contribution < 1.29 is 9.90 Å². The van der Waals surface area contributed by atoms with E-state index in [4.69, 9.17) is 5.11 Å². The largest absolute Gasteiger partial charge is 0.481 e. The van der Waals surface area contributed by atoms with Crippen molar-refractivity contribution in [1.82, 2.24) is 9.97 Å². The van der Waals surface area contributed by atoms with Gasteiger partial charge < -0.3 is 10.0 Å².